The van der Waals surface area contributed by atoms with Crippen LogP contribution in [0.3, 0.4) is 0 Å². The lowest BCUT2D eigenvalue weighted by Gasteiger charge is -2.33. The van der Waals surface area contributed by atoms with Crippen LogP contribution >= 0.6 is 0 Å². The number of hydrogen-bond donors (Lipinski definition) is 1. The Labute approximate surface area is 146 Å². The van der Waals surface area contributed by atoms with Crippen molar-refractivity contribution in [1.29, 1.82) is 0 Å². The zero-order valence-electron chi connectivity index (χ0n) is 14.6. The summed E-state index contributed by atoms with van der Waals surface area (Å²) in [6.45, 7) is 4.03. The van der Waals surface area contributed by atoms with Gasteiger partial charge >= 0.3 is 0 Å². The molecule has 0 aliphatic carbocycles. The monoisotopic (exact) mass is 345 g/mol. The second kappa shape index (κ2) is 8.09. The summed E-state index contributed by atoms with van der Waals surface area (Å²) in [5, 5.41) is 6.94. The van der Waals surface area contributed by atoms with Crippen molar-refractivity contribution in [3.05, 3.63) is 30.2 Å². The van der Waals surface area contributed by atoms with Gasteiger partial charge in [0, 0.05) is 31.7 Å². The molecule has 2 heterocycles. The molecule has 2 aromatic rings. The van der Waals surface area contributed by atoms with Gasteiger partial charge in [-0.2, -0.15) is 4.98 Å². The molecule has 1 saturated heterocycles. The fourth-order valence-corrected chi connectivity index (χ4v) is 2.79. The highest BCUT2D eigenvalue weighted by molar-refractivity contribution is 5.78. The van der Waals surface area contributed by atoms with Crippen molar-refractivity contribution in [2.24, 2.45) is 0 Å². The second-order valence-corrected chi connectivity index (χ2v) is 5.93. The first kappa shape index (κ1) is 17.4. The molecule has 3 rings (SSSR count). The fourth-order valence-electron chi connectivity index (χ4n) is 2.79. The van der Waals surface area contributed by atoms with E-state index >= 15 is 0 Å². The van der Waals surface area contributed by atoms with Gasteiger partial charge in [-0.25, -0.2) is 0 Å². The number of hydrogen-bond acceptors (Lipinski definition) is 7. The second-order valence-electron chi connectivity index (χ2n) is 5.93. The van der Waals surface area contributed by atoms with Gasteiger partial charge in [0.2, 0.25) is 17.6 Å². The maximum absolute atomic E-state index is 11.9. The number of amides is 1. The number of nitrogens with zero attached hydrogens (tertiary/aromatic N) is 4. The largest absolute Gasteiger partial charge is 0.497 e. The van der Waals surface area contributed by atoms with Gasteiger partial charge in [-0.1, -0.05) is 5.16 Å². The van der Waals surface area contributed by atoms with Crippen LogP contribution in [0.15, 0.2) is 28.8 Å². The van der Waals surface area contributed by atoms with Crippen LogP contribution in [0.2, 0.25) is 0 Å². The summed E-state index contributed by atoms with van der Waals surface area (Å²) in [5.74, 6) is 2.08. The molecule has 0 spiro atoms. The van der Waals surface area contributed by atoms with Crippen LogP contribution in [0.4, 0.5) is 0 Å². The summed E-state index contributed by atoms with van der Waals surface area (Å²) in [6.07, 6.45) is 0. The van der Waals surface area contributed by atoms with Crippen molar-refractivity contribution >= 4 is 5.91 Å². The maximum atomic E-state index is 11.9. The first-order valence-corrected chi connectivity index (χ1v) is 8.31. The number of carbonyl (C=O) groups excluding carboxylic acids is 1. The Morgan fingerprint density at radius 3 is 2.60 bits per heavy atom. The Kier molecular flexibility index (Phi) is 5.62. The van der Waals surface area contributed by atoms with Crippen molar-refractivity contribution < 1.29 is 14.1 Å². The van der Waals surface area contributed by atoms with Crippen LogP contribution < -0.4 is 10.1 Å². The standard InChI is InChI=1S/C17H23N5O3/c1-18-11-16(23)22-9-7-21(8-10-22)12-15-19-17(20-25-15)13-3-5-14(24-2)6-4-13/h3-6,18H,7-12H2,1-2H3. The molecule has 8 nitrogen and oxygen atoms in total. The van der Waals surface area contributed by atoms with Gasteiger partial charge in [-0.15, -0.1) is 0 Å². The lowest BCUT2D eigenvalue weighted by atomic mass is 10.2. The van der Waals surface area contributed by atoms with E-state index in [9.17, 15) is 4.79 Å². The Morgan fingerprint density at radius 2 is 1.96 bits per heavy atom. The number of piperazine rings is 1. The van der Waals surface area contributed by atoms with E-state index in [1.165, 1.54) is 0 Å². The summed E-state index contributed by atoms with van der Waals surface area (Å²) in [6, 6.07) is 7.54. The quantitative estimate of drug-likeness (QED) is 0.821. The third-order valence-corrected chi connectivity index (χ3v) is 4.23. The number of likely N-dealkylation sites (N-methyl/N-ethyl adjacent to an activating group) is 1. The zero-order chi connectivity index (χ0) is 17.6. The predicted molar refractivity (Wildman–Crippen MR) is 92.1 cm³/mol. The average molecular weight is 345 g/mol. The molecular formula is C17H23N5O3. The lowest BCUT2D eigenvalue weighted by Crippen LogP contribution is -2.50. The van der Waals surface area contributed by atoms with Crippen molar-refractivity contribution in [2.75, 3.05) is 46.9 Å². The summed E-state index contributed by atoms with van der Waals surface area (Å²) < 4.78 is 10.5. The molecule has 1 N–H and O–H groups in total. The molecule has 1 aromatic heterocycles. The van der Waals surface area contributed by atoms with E-state index in [0.717, 1.165) is 37.5 Å². The smallest absolute Gasteiger partial charge is 0.241 e. The molecule has 8 heteroatoms. The van der Waals surface area contributed by atoms with Crippen LogP contribution in [0, 0.1) is 0 Å². The van der Waals surface area contributed by atoms with Gasteiger partial charge in [0.05, 0.1) is 20.2 Å². The minimum absolute atomic E-state index is 0.140. The Balaban J connectivity index is 1.54. The molecular weight excluding hydrogens is 322 g/mol. The van der Waals surface area contributed by atoms with Crippen molar-refractivity contribution in [2.45, 2.75) is 6.54 Å². The van der Waals surface area contributed by atoms with E-state index in [1.807, 2.05) is 29.2 Å². The van der Waals surface area contributed by atoms with Crippen molar-refractivity contribution in [3.8, 4) is 17.1 Å². The SMILES string of the molecule is CNCC(=O)N1CCN(Cc2nc(-c3ccc(OC)cc3)no2)CC1. The predicted octanol–water partition coefficient (Wildman–Crippen LogP) is 0.609. The van der Waals surface area contributed by atoms with Gasteiger partial charge in [0.25, 0.3) is 0 Å². The number of benzene rings is 1. The number of nitrogens with one attached hydrogen (secondary N) is 1. The van der Waals surface area contributed by atoms with Gasteiger partial charge in [0.1, 0.15) is 5.75 Å². The maximum Gasteiger partial charge on any atom is 0.241 e. The number of carbonyl (C=O) groups is 1. The minimum atomic E-state index is 0.140. The van der Waals surface area contributed by atoms with Gasteiger partial charge in [-0.3, -0.25) is 9.69 Å². The third-order valence-electron chi connectivity index (χ3n) is 4.23. The molecule has 0 atom stereocenters. The minimum Gasteiger partial charge on any atom is -0.497 e. The van der Waals surface area contributed by atoms with E-state index in [-0.39, 0.29) is 5.91 Å². The van der Waals surface area contributed by atoms with Crippen molar-refractivity contribution in [3.63, 3.8) is 0 Å². The molecule has 1 aliphatic rings. The Bertz CT molecular complexity index is 693. The number of methoxy groups -OCH3 is 1. The summed E-state index contributed by atoms with van der Waals surface area (Å²) in [7, 11) is 3.41. The molecule has 1 fully saturated rings. The normalized spacial score (nSPS) is 15.4. The average Bonchev–Trinajstić information content (AvgIpc) is 3.11. The highest BCUT2D eigenvalue weighted by atomic mass is 16.5. The molecule has 0 unspecified atom stereocenters. The first-order chi connectivity index (χ1) is 12.2. The molecule has 1 aromatic carbocycles. The highest BCUT2D eigenvalue weighted by Gasteiger charge is 2.22. The topological polar surface area (TPSA) is 83.7 Å². The summed E-state index contributed by atoms with van der Waals surface area (Å²) >= 11 is 0. The summed E-state index contributed by atoms with van der Waals surface area (Å²) in [5.41, 5.74) is 0.887. The van der Waals surface area contributed by atoms with Gasteiger partial charge < -0.3 is 19.5 Å². The highest BCUT2D eigenvalue weighted by Crippen LogP contribution is 2.20. The molecule has 1 aliphatic heterocycles. The van der Waals surface area contributed by atoms with E-state index in [1.54, 1.807) is 14.2 Å². The van der Waals surface area contributed by atoms with Crippen LogP contribution in [-0.4, -0.2) is 72.7 Å². The molecule has 134 valence electrons. The van der Waals surface area contributed by atoms with E-state index in [0.29, 0.717) is 24.8 Å². The molecule has 0 saturated carbocycles. The molecule has 0 radical (unpaired) electrons. The number of aromatic nitrogens is 2. The number of rotatable bonds is 6. The summed E-state index contributed by atoms with van der Waals surface area (Å²) in [4.78, 5) is 20.4. The van der Waals surface area contributed by atoms with Gasteiger partial charge in [0.15, 0.2) is 0 Å². The third kappa shape index (κ3) is 4.34. The van der Waals surface area contributed by atoms with Crippen LogP contribution in [0.1, 0.15) is 5.89 Å². The van der Waals surface area contributed by atoms with Crippen LogP contribution in [0.25, 0.3) is 11.4 Å². The molecule has 1 amide bonds. The lowest BCUT2D eigenvalue weighted by molar-refractivity contribution is -0.131. The molecule has 0 bridgehead atoms. The van der Waals surface area contributed by atoms with E-state index in [2.05, 4.69) is 20.4 Å². The zero-order valence-corrected chi connectivity index (χ0v) is 14.6. The van der Waals surface area contributed by atoms with Crippen molar-refractivity contribution in [1.82, 2.24) is 25.3 Å². The van der Waals surface area contributed by atoms with E-state index < -0.39 is 0 Å². The Morgan fingerprint density at radius 1 is 1.24 bits per heavy atom. The van der Waals surface area contributed by atoms with E-state index in [4.69, 9.17) is 9.26 Å². The van der Waals surface area contributed by atoms with Gasteiger partial charge in [-0.05, 0) is 31.3 Å². The number of ether oxygens (including phenoxy) is 1. The molecule has 25 heavy (non-hydrogen) atoms. The van der Waals surface area contributed by atoms with Crippen LogP contribution in [0.5, 0.6) is 5.75 Å². The first-order valence-electron chi connectivity index (χ1n) is 8.31. The fraction of sp³-hybridized carbons (Fsp3) is 0.471. The van der Waals surface area contributed by atoms with Crippen LogP contribution in [-0.2, 0) is 11.3 Å². The Hall–Kier alpha value is -2.45.